The SMILES string of the molecule is COc1ccc(C(=O)O)cc1NC(=O)/C(=C/c1cccs1)NC(=O)c1ccccc1. The van der Waals surface area contributed by atoms with E-state index in [4.69, 9.17) is 4.74 Å². The second kappa shape index (κ2) is 9.53. The summed E-state index contributed by atoms with van der Waals surface area (Å²) >= 11 is 1.40. The van der Waals surface area contributed by atoms with E-state index >= 15 is 0 Å². The lowest BCUT2D eigenvalue weighted by Gasteiger charge is -2.14. The molecule has 3 rings (SSSR count). The molecule has 7 nitrogen and oxygen atoms in total. The van der Waals surface area contributed by atoms with Gasteiger partial charge in [0.15, 0.2) is 0 Å². The third kappa shape index (κ3) is 5.12. The smallest absolute Gasteiger partial charge is 0.335 e. The van der Waals surface area contributed by atoms with Crippen molar-refractivity contribution in [2.45, 2.75) is 0 Å². The van der Waals surface area contributed by atoms with E-state index < -0.39 is 17.8 Å². The van der Waals surface area contributed by atoms with E-state index in [1.807, 2.05) is 11.4 Å². The minimum atomic E-state index is -1.14. The van der Waals surface area contributed by atoms with Crippen LogP contribution in [0, 0.1) is 0 Å². The molecule has 0 atom stereocenters. The summed E-state index contributed by atoms with van der Waals surface area (Å²) in [6.45, 7) is 0. The molecule has 1 aromatic heterocycles. The number of hydrogen-bond donors (Lipinski definition) is 3. The first-order valence-corrected chi connectivity index (χ1v) is 9.70. The fraction of sp³-hybridized carbons (Fsp3) is 0.0455. The molecule has 8 heteroatoms. The third-order valence-corrected chi connectivity index (χ3v) is 4.87. The molecule has 1 heterocycles. The molecule has 0 spiro atoms. The monoisotopic (exact) mass is 422 g/mol. The minimum Gasteiger partial charge on any atom is -0.495 e. The van der Waals surface area contributed by atoms with Crippen molar-refractivity contribution < 1.29 is 24.2 Å². The zero-order chi connectivity index (χ0) is 21.5. The molecule has 0 radical (unpaired) electrons. The topological polar surface area (TPSA) is 105 Å². The first-order valence-electron chi connectivity index (χ1n) is 8.82. The van der Waals surface area contributed by atoms with Crippen molar-refractivity contribution in [2.75, 3.05) is 12.4 Å². The fourth-order valence-electron chi connectivity index (χ4n) is 2.59. The highest BCUT2D eigenvalue weighted by Gasteiger charge is 2.18. The van der Waals surface area contributed by atoms with Crippen LogP contribution < -0.4 is 15.4 Å². The summed E-state index contributed by atoms with van der Waals surface area (Å²) in [7, 11) is 1.41. The van der Waals surface area contributed by atoms with E-state index in [2.05, 4.69) is 10.6 Å². The Morgan fingerprint density at radius 2 is 1.77 bits per heavy atom. The molecule has 3 aromatic rings. The number of carbonyl (C=O) groups excluding carboxylic acids is 2. The van der Waals surface area contributed by atoms with E-state index in [1.54, 1.807) is 42.5 Å². The Morgan fingerprint density at radius 1 is 1.00 bits per heavy atom. The van der Waals surface area contributed by atoms with Crippen molar-refractivity contribution in [1.82, 2.24) is 5.32 Å². The normalized spacial score (nSPS) is 10.9. The van der Waals surface area contributed by atoms with Crippen LogP contribution in [0.2, 0.25) is 0 Å². The number of methoxy groups -OCH3 is 1. The molecule has 0 bridgehead atoms. The highest BCUT2D eigenvalue weighted by Crippen LogP contribution is 2.26. The van der Waals surface area contributed by atoms with E-state index in [-0.39, 0.29) is 16.9 Å². The van der Waals surface area contributed by atoms with Crippen LogP contribution in [0.15, 0.2) is 71.7 Å². The summed E-state index contributed by atoms with van der Waals surface area (Å²) in [6, 6.07) is 16.2. The first kappa shape index (κ1) is 20.8. The number of carboxylic acids is 1. The zero-order valence-electron chi connectivity index (χ0n) is 15.9. The summed E-state index contributed by atoms with van der Waals surface area (Å²) < 4.78 is 5.20. The molecule has 2 amide bonds. The van der Waals surface area contributed by atoms with E-state index in [1.165, 1.54) is 36.6 Å². The number of carboxylic acid groups (broad SMARTS) is 1. The Kier molecular flexibility index (Phi) is 6.61. The molecule has 0 saturated carbocycles. The molecule has 0 aliphatic rings. The van der Waals surface area contributed by atoms with Crippen LogP contribution in [0.4, 0.5) is 5.69 Å². The summed E-state index contributed by atoms with van der Waals surface area (Å²) in [6.07, 6.45) is 1.55. The van der Waals surface area contributed by atoms with Gasteiger partial charge in [0.05, 0.1) is 18.4 Å². The lowest BCUT2D eigenvalue weighted by Crippen LogP contribution is -2.30. The maximum atomic E-state index is 13.0. The summed E-state index contributed by atoms with van der Waals surface area (Å²) in [4.78, 5) is 37.6. The van der Waals surface area contributed by atoms with Gasteiger partial charge < -0.3 is 20.5 Å². The number of benzene rings is 2. The summed E-state index contributed by atoms with van der Waals surface area (Å²) in [5.41, 5.74) is 0.568. The number of carbonyl (C=O) groups is 3. The molecule has 0 unspecified atom stereocenters. The van der Waals surface area contributed by atoms with Crippen molar-refractivity contribution in [3.05, 3.63) is 87.7 Å². The minimum absolute atomic E-state index is 0.00841. The molecule has 3 N–H and O–H groups in total. The van der Waals surface area contributed by atoms with Crippen molar-refractivity contribution in [3.63, 3.8) is 0 Å². The van der Waals surface area contributed by atoms with Gasteiger partial charge >= 0.3 is 5.97 Å². The number of nitrogens with one attached hydrogen (secondary N) is 2. The second-order valence-corrected chi connectivity index (χ2v) is 7.05. The van der Waals surface area contributed by atoms with Gasteiger partial charge in [-0.15, -0.1) is 11.3 Å². The Morgan fingerprint density at radius 3 is 2.40 bits per heavy atom. The van der Waals surface area contributed by atoms with Gasteiger partial charge in [0.25, 0.3) is 11.8 Å². The van der Waals surface area contributed by atoms with Gasteiger partial charge in [0.1, 0.15) is 11.4 Å². The van der Waals surface area contributed by atoms with Crippen LogP contribution in [0.1, 0.15) is 25.6 Å². The largest absolute Gasteiger partial charge is 0.495 e. The van der Waals surface area contributed by atoms with Gasteiger partial charge in [0, 0.05) is 10.4 Å². The van der Waals surface area contributed by atoms with E-state index in [9.17, 15) is 19.5 Å². The Hall–Kier alpha value is -3.91. The Bertz CT molecular complexity index is 1090. The maximum Gasteiger partial charge on any atom is 0.335 e. The Labute approximate surface area is 176 Å². The molecule has 0 aliphatic carbocycles. The van der Waals surface area contributed by atoms with Crippen LogP contribution in [0.25, 0.3) is 6.08 Å². The van der Waals surface area contributed by atoms with Gasteiger partial charge in [-0.3, -0.25) is 9.59 Å². The molecule has 0 saturated heterocycles. The predicted molar refractivity (Wildman–Crippen MR) is 115 cm³/mol. The number of anilines is 1. The second-order valence-electron chi connectivity index (χ2n) is 6.07. The van der Waals surface area contributed by atoms with Gasteiger partial charge in [-0.05, 0) is 47.9 Å². The van der Waals surface area contributed by atoms with Crippen molar-refractivity contribution in [2.24, 2.45) is 0 Å². The average Bonchev–Trinajstić information content (AvgIpc) is 3.27. The summed E-state index contributed by atoms with van der Waals surface area (Å²) in [5, 5.41) is 16.3. The van der Waals surface area contributed by atoms with Gasteiger partial charge in [-0.1, -0.05) is 24.3 Å². The quantitative estimate of drug-likeness (QED) is 0.502. The van der Waals surface area contributed by atoms with Crippen LogP contribution in [-0.4, -0.2) is 30.0 Å². The van der Waals surface area contributed by atoms with Crippen LogP contribution >= 0.6 is 11.3 Å². The number of ether oxygens (including phenoxy) is 1. The van der Waals surface area contributed by atoms with E-state index in [0.29, 0.717) is 11.3 Å². The highest BCUT2D eigenvalue weighted by molar-refractivity contribution is 7.10. The number of hydrogen-bond acceptors (Lipinski definition) is 5. The zero-order valence-corrected chi connectivity index (χ0v) is 16.7. The molecule has 2 aromatic carbocycles. The van der Waals surface area contributed by atoms with Gasteiger partial charge in [-0.2, -0.15) is 0 Å². The fourth-order valence-corrected chi connectivity index (χ4v) is 3.24. The highest BCUT2D eigenvalue weighted by atomic mass is 32.1. The molecule has 0 aliphatic heterocycles. The molecular formula is C22H18N2O5S. The van der Waals surface area contributed by atoms with Gasteiger partial charge in [-0.25, -0.2) is 4.79 Å². The van der Waals surface area contributed by atoms with Crippen molar-refractivity contribution in [1.29, 1.82) is 0 Å². The molecule has 30 heavy (non-hydrogen) atoms. The first-order chi connectivity index (χ1) is 14.5. The lowest BCUT2D eigenvalue weighted by molar-refractivity contribution is -0.113. The van der Waals surface area contributed by atoms with E-state index in [0.717, 1.165) is 4.88 Å². The van der Waals surface area contributed by atoms with Crippen LogP contribution in [-0.2, 0) is 4.79 Å². The lowest BCUT2D eigenvalue weighted by atomic mass is 10.1. The number of amides is 2. The van der Waals surface area contributed by atoms with Crippen LogP contribution in [0.3, 0.4) is 0 Å². The van der Waals surface area contributed by atoms with Crippen molar-refractivity contribution >= 4 is 40.9 Å². The third-order valence-electron chi connectivity index (χ3n) is 4.05. The maximum absolute atomic E-state index is 13.0. The average molecular weight is 422 g/mol. The predicted octanol–water partition coefficient (Wildman–Crippen LogP) is 3.86. The number of thiophene rings is 1. The number of aromatic carboxylic acids is 1. The molecular weight excluding hydrogens is 404 g/mol. The number of rotatable bonds is 7. The molecule has 0 fully saturated rings. The molecule has 152 valence electrons. The summed E-state index contributed by atoms with van der Waals surface area (Å²) in [5.74, 6) is -1.91. The standard InChI is InChI=1S/C22H18N2O5S/c1-29-19-10-9-15(22(27)28)12-17(19)23-21(26)18(13-16-8-5-11-30-16)24-20(25)14-6-3-2-4-7-14/h2-13H,1H3,(H,23,26)(H,24,25)(H,27,28)/b18-13-. The van der Waals surface area contributed by atoms with Gasteiger partial charge in [0.2, 0.25) is 0 Å². The van der Waals surface area contributed by atoms with Crippen LogP contribution in [0.5, 0.6) is 5.75 Å². The Balaban J connectivity index is 1.90. The van der Waals surface area contributed by atoms with Crippen molar-refractivity contribution in [3.8, 4) is 5.75 Å².